The smallest absolute Gasteiger partial charge is 0.254 e. The van der Waals surface area contributed by atoms with Crippen molar-refractivity contribution in [1.82, 2.24) is 10.3 Å². The fraction of sp³-hybridized carbons (Fsp3) is 0.286. The minimum atomic E-state index is -1.29. The Labute approximate surface area is 114 Å². The van der Waals surface area contributed by atoms with Crippen LogP contribution >= 0.6 is 0 Å². The Morgan fingerprint density at radius 3 is 2.70 bits per heavy atom. The third-order valence-corrected chi connectivity index (χ3v) is 2.98. The lowest BCUT2D eigenvalue weighted by atomic mass is 10.1. The maximum atomic E-state index is 13.5. The summed E-state index contributed by atoms with van der Waals surface area (Å²) < 4.78 is 31.8. The van der Waals surface area contributed by atoms with E-state index in [2.05, 4.69) is 10.3 Å². The summed E-state index contributed by atoms with van der Waals surface area (Å²) in [4.78, 5) is 15.1. The molecule has 2 rings (SSSR count). The van der Waals surface area contributed by atoms with Gasteiger partial charge in [0.15, 0.2) is 5.82 Å². The van der Waals surface area contributed by atoms with Crippen LogP contribution in [0.3, 0.4) is 0 Å². The van der Waals surface area contributed by atoms with E-state index in [1.165, 1.54) is 0 Å². The van der Waals surface area contributed by atoms with E-state index in [9.17, 15) is 13.6 Å². The van der Waals surface area contributed by atoms with Gasteiger partial charge < -0.3 is 9.73 Å². The fourth-order valence-corrected chi connectivity index (χ4v) is 2.03. The molecule has 1 N–H and O–H groups in total. The Bertz CT molecular complexity index is 653. The SMILES string of the molecule is Cc1cc(C(C)NC(=O)c2ccnc(F)c2F)c(C)o1. The number of aromatic nitrogens is 1. The van der Waals surface area contributed by atoms with Crippen molar-refractivity contribution in [3.05, 3.63) is 52.7 Å². The van der Waals surface area contributed by atoms with Crippen LogP contribution in [0.1, 0.15) is 40.4 Å². The van der Waals surface area contributed by atoms with E-state index in [0.717, 1.165) is 23.6 Å². The van der Waals surface area contributed by atoms with Crippen molar-refractivity contribution >= 4 is 5.91 Å². The van der Waals surface area contributed by atoms with Crippen LogP contribution in [-0.4, -0.2) is 10.9 Å². The lowest BCUT2D eigenvalue weighted by Gasteiger charge is -2.13. The highest BCUT2D eigenvalue weighted by molar-refractivity contribution is 5.94. The van der Waals surface area contributed by atoms with Gasteiger partial charge in [0.2, 0.25) is 5.95 Å². The number of amides is 1. The number of hydrogen-bond acceptors (Lipinski definition) is 3. The van der Waals surface area contributed by atoms with Gasteiger partial charge in [-0.25, -0.2) is 9.37 Å². The maximum absolute atomic E-state index is 13.5. The topological polar surface area (TPSA) is 55.1 Å². The molecule has 0 saturated carbocycles. The number of halogens is 2. The lowest BCUT2D eigenvalue weighted by molar-refractivity contribution is 0.0934. The largest absolute Gasteiger partial charge is 0.466 e. The van der Waals surface area contributed by atoms with E-state index in [-0.39, 0.29) is 11.6 Å². The highest BCUT2D eigenvalue weighted by Gasteiger charge is 2.20. The summed E-state index contributed by atoms with van der Waals surface area (Å²) in [6.45, 7) is 5.31. The molecule has 0 aromatic carbocycles. The number of hydrogen-bond donors (Lipinski definition) is 1. The minimum absolute atomic E-state index is 0.373. The second kappa shape index (κ2) is 5.40. The predicted molar refractivity (Wildman–Crippen MR) is 68.2 cm³/mol. The van der Waals surface area contributed by atoms with E-state index in [4.69, 9.17) is 4.42 Å². The van der Waals surface area contributed by atoms with Crippen LogP contribution in [0.4, 0.5) is 8.78 Å². The van der Waals surface area contributed by atoms with Crippen LogP contribution in [0.5, 0.6) is 0 Å². The van der Waals surface area contributed by atoms with Gasteiger partial charge in [-0.3, -0.25) is 4.79 Å². The first-order valence-electron chi connectivity index (χ1n) is 6.08. The molecule has 0 fully saturated rings. The first-order valence-corrected chi connectivity index (χ1v) is 6.08. The molecule has 1 amide bonds. The van der Waals surface area contributed by atoms with Crippen LogP contribution in [-0.2, 0) is 0 Å². The van der Waals surface area contributed by atoms with Crippen molar-refractivity contribution in [1.29, 1.82) is 0 Å². The van der Waals surface area contributed by atoms with Gasteiger partial charge in [0.1, 0.15) is 11.5 Å². The molecule has 2 aromatic rings. The molecule has 0 aliphatic carbocycles. The summed E-state index contributed by atoms with van der Waals surface area (Å²) in [7, 11) is 0. The number of nitrogens with zero attached hydrogens (tertiary/aromatic N) is 1. The first kappa shape index (κ1) is 14.2. The van der Waals surface area contributed by atoms with Crippen molar-refractivity contribution in [2.24, 2.45) is 0 Å². The molecule has 0 aliphatic rings. The zero-order valence-corrected chi connectivity index (χ0v) is 11.3. The number of aryl methyl sites for hydroxylation is 2. The van der Waals surface area contributed by atoms with E-state index in [1.807, 2.05) is 0 Å². The van der Waals surface area contributed by atoms with Crippen LogP contribution in [0, 0.1) is 25.6 Å². The van der Waals surface area contributed by atoms with Gasteiger partial charge in [0.05, 0.1) is 11.6 Å². The Hall–Kier alpha value is -2.24. The zero-order chi connectivity index (χ0) is 14.9. The standard InChI is InChI=1S/C14H14F2N2O2/c1-7-6-11(9(3)20-7)8(2)18-14(19)10-4-5-17-13(16)12(10)15/h4-6,8H,1-3H3,(H,18,19). The van der Waals surface area contributed by atoms with Gasteiger partial charge in [-0.05, 0) is 32.9 Å². The van der Waals surface area contributed by atoms with Gasteiger partial charge in [0.25, 0.3) is 5.91 Å². The number of furan rings is 1. The molecule has 6 heteroatoms. The van der Waals surface area contributed by atoms with Crippen LogP contribution < -0.4 is 5.32 Å². The van der Waals surface area contributed by atoms with Crippen molar-refractivity contribution < 1.29 is 18.0 Å². The average Bonchev–Trinajstić information content (AvgIpc) is 2.71. The molecule has 0 bridgehead atoms. The lowest BCUT2D eigenvalue weighted by Crippen LogP contribution is -2.28. The second-order valence-electron chi connectivity index (χ2n) is 4.53. The summed E-state index contributed by atoms with van der Waals surface area (Å²) in [6, 6.07) is 2.55. The number of nitrogens with one attached hydrogen (secondary N) is 1. The molecule has 0 saturated heterocycles. The zero-order valence-electron chi connectivity index (χ0n) is 11.3. The summed E-state index contributed by atoms with van der Waals surface area (Å²) in [5.74, 6) is -1.84. The first-order chi connectivity index (χ1) is 9.40. The highest BCUT2D eigenvalue weighted by Crippen LogP contribution is 2.21. The van der Waals surface area contributed by atoms with Gasteiger partial charge in [-0.1, -0.05) is 0 Å². The predicted octanol–water partition coefficient (Wildman–Crippen LogP) is 3.06. The van der Waals surface area contributed by atoms with Crippen molar-refractivity contribution in [3.8, 4) is 0 Å². The van der Waals surface area contributed by atoms with Crippen LogP contribution in [0.15, 0.2) is 22.7 Å². The molecule has 0 spiro atoms. The number of carbonyl (C=O) groups excluding carboxylic acids is 1. The van der Waals surface area contributed by atoms with Gasteiger partial charge in [0, 0.05) is 11.8 Å². The molecule has 20 heavy (non-hydrogen) atoms. The molecular formula is C14H14F2N2O2. The summed E-state index contributed by atoms with van der Waals surface area (Å²) >= 11 is 0. The summed E-state index contributed by atoms with van der Waals surface area (Å²) in [6.07, 6.45) is 1.05. The van der Waals surface area contributed by atoms with Crippen molar-refractivity contribution in [2.75, 3.05) is 0 Å². The Morgan fingerprint density at radius 2 is 2.10 bits per heavy atom. The molecule has 1 unspecified atom stereocenters. The minimum Gasteiger partial charge on any atom is -0.466 e. The Kier molecular flexibility index (Phi) is 3.83. The molecule has 0 aliphatic heterocycles. The van der Waals surface area contributed by atoms with E-state index >= 15 is 0 Å². The van der Waals surface area contributed by atoms with Gasteiger partial charge in [-0.2, -0.15) is 4.39 Å². The fourth-order valence-electron chi connectivity index (χ4n) is 2.03. The molecule has 2 heterocycles. The number of carbonyl (C=O) groups is 1. The monoisotopic (exact) mass is 280 g/mol. The quantitative estimate of drug-likeness (QED) is 0.879. The number of rotatable bonds is 3. The second-order valence-corrected chi connectivity index (χ2v) is 4.53. The summed E-state index contributed by atoms with van der Waals surface area (Å²) in [5.41, 5.74) is 0.424. The molecule has 106 valence electrons. The van der Waals surface area contributed by atoms with Crippen LogP contribution in [0.2, 0.25) is 0 Å². The molecule has 1 atom stereocenters. The van der Waals surface area contributed by atoms with Gasteiger partial charge in [-0.15, -0.1) is 0 Å². The Balaban J connectivity index is 2.19. The van der Waals surface area contributed by atoms with Crippen molar-refractivity contribution in [2.45, 2.75) is 26.8 Å². The van der Waals surface area contributed by atoms with E-state index < -0.39 is 17.7 Å². The summed E-state index contributed by atoms with van der Waals surface area (Å²) in [5, 5.41) is 2.60. The van der Waals surface area contributed by atoms with E-state index in [1.54, 1.807) is 26.8 Å². The van der Waals surface area contributed by atoms with Crippen LogP contribution in [0.25, 0.3) is 0 Å². The number of pyridine rings is 1. The third kappa shape index (κ3) is 2.68. The molecule has 0 radical (unpaired) electrons. The molecular weight excluding hydrogens is 266 g/mol. The van der Waals surface area contributed by atoms with E-state index in [0.29, 0.717) is 5.76 Å². The highest BCUT2D eigenvalue weighted by atomic mass is 19.2. The maximum Gasteiger partial charge on any atom is 0.254 e. The molecule has 2 aromatic heterocycles. The van der Waals surface area contributed by atoms with Crippen molar-refractivity contribution in [3.63, 3.8) is 0 Å². The molecule has 4 nitrogen and oxygen atoms in total. The van der Waals surface area contributed by atoms with Gasteiger partial charge >= 0.3 is 0 Å². The third-order valence-electron chi connectivity index (χ3n) is 2.98. The Morgan fingerprint density at radius 1 is 1.40 bits per heavy atom. The normalized spacial score (nSPS) is 12.2. The average molecular weight is 280 g/mol.